The first-order valence-electron chi connectivity index (χ1n) is 12.9. The van der Waals surface area contributed by atoms with Gasteiger partial charge in [0, 0.05) is 41.2 Å². The fraction of sp³-hybridized carbons (Fsp3) is 0.300. The van der Waals surface area contributed by atoms with Gasteiger partial charge in [-0.15, -0.1) is 0 Å². The number of benzene rings is 3. The monoisotopic (exact) mass is 549 g/mol. The van der Waals surface area contributed by atoms with Crippen molar-refractivity contribution in [2.24, 2.45) is 0 Å². The highest BCUT2D eigenvalue weighted by atomic mass is 16.5. The standard InChI is InChI=1S/C30H35N3O7/c1-17(31-15-27(37)19-5-7-26(36)21(10-19)16-34)8-18-4-6-24-20(9-18)11-25(33-24)30(38)32-14-23-28(39-2)12-22(35)13-29(23)40-3/h4-7,9-13,17,27,31,33-37H,8,14-16H2,1-3H3,(H,32,38)/t17-,27-/m1/s1. The maximum Gasteiger partial charge on any atom is 0.268 e. The van der Waals surface area contributed by atoms with Crippen LogP contribution in [-0.4, -0.2) is 58.1 Å². The molecule has 3 aromatic carbocycles. The van der Waals surface area contributed by atoms with Crippen molar-refractivity contribution in [2.45, 2.75) is 38.6 Å². The number of aliphatic hydroxyl groups is 2. The molecule has 0 spiro atoms. The number of rotatable bonds is 12. The van der Waals surface area contributed by atoms with Crippen LogP contribution < -0.4 is 20.1 Å². The summed E-state index contributed by atoms with van der Waals surface area (Å²) in [5.74, 6) is 0.527. The lowest BCUT2D eigenvalue weighted by atomic mass is 10.0. The van der Waals surface area contributed by atoms with E-state index in [9.17, 15) is 25.2 Å². The first-order valence-corrected chi connectivity index (χ1v) is 12.9. The van der Waals surface area contributed by atoms with E-state index >= 15 is 0 Å². The minimum absolute atomic E-state index is 0.00151. The minimum Gasteiger partial charge on any atom is -0.508 e. The second-order valence-corrected chi connectivity index (χ2v) is 9.69. The number of phenolic OH excluding ortho intramolecular Hbond substituents is 1. The summed E-state index contributed by atoms with van der Waals surface area (Å²) in [4.78, 5) is 16.1. The maximum absolute atomic E-state index is 12.9. The lowest BCUT2D eigenvalue weighted by Gasteiger charge is -2.18. The van der Waals surface area contributed by atoms with Crippen LogP contribution in [0.2, 0.25) is 0 Å². The maximum atomic E-state index is 12.9. The number of aromatic hydroxyl groups is 2. The van der Waals surface area contributed by atoms with Gasteiger partial charge >= 0.3 is 0 Å². The summed E-state index contributed by atoms with van der Waals surface area (Å²) in [6.45, 7) is 2.18. The van der Waals surface area contributed by atoms with E-state index in [1.54, 1.807) is 18.2 Å². The Balaban J connectivity index is 1.36. The molecule has 1 heterocycles. The van der Waals surface area contributed by atoms with E-state index in [0.29, 0.717) is 46.8 Å². The first kappa shape index (κ1) is 28.8. The molecular weight excluding hydrogens is 514 g/mol. The van der Waals surface area contributed by atoms with Crippen molar-refractivity contribution >= 4 is 16.8 Å². The molecule has 0 saturated heterocycles. The molecule has 1 amide bonds. The molecule has 7 N–H and O–H groups in total. The average molecular weight is 550 g/mol. The number of phenols is 2. The Morgan fingerprint density at radius 3 is 2.40 bits per heavy atom. The smallest absolute Gasteiger partial charge is 0.268 e. The number of H-pyrrole nitrogens is 1. The number of nitrogens with one attached hydrogen (secondary N) is 3. The largest absolute Gasteiger partial charge is 0.508 e. The molecule has 4 aromatic rings. The van der Waals surface area contributed by atoms with Crippen molar-refractivity contribution in [3.05, 3.63) is 82.5 Å². The zero-order chi connectivity index (χ0) is 28.8. The lowest BCUT2D eigenvalue weighted by molar-refractivity contribution is 0.0946. The molecule has 4 rings (SSSR count). The number of methoxy groups -OCH3 is 2. The fourth-order valence-corrected chi connectivity index (χ4v) is 4.64. The Morgan fingerprint density at radius 2 is 1.73 bits per heavy atom. The van der Waals surface area contributed by atoms with Crippen molar-refractivity contribution in [1.82, 2.24) is 15.6 Å². The number of ether oxygens (including phenoxy) is 2. The van der Waals surface area contributed by atoms with Crippen molar-refractivity contribution in [1.29, 1.82) is 0 Å². The summed E-state index contributed by atoms with van der Waals surface area (Å²) in [5.41, 5.74) is 3.91. The molecule has 2 atom stereocenters. The Labute approximate surface area is 232 Å². The second kappa shape index (κ2) is 12.7. The van der Waals surface area contributed by atoms with Gasteiger partial charge in [0.15, 0.2) is 0 Å². The van der Waals surface area contributed by atoms with Gasteiger partial charge in [0.25, 0.3) is 5.91 Å². The predicted octanol–water partition coefficient (Wildman–Crippen LogP) is 3.27. The van der Waals surface area contributed by atoms with Gasteiger partial charge in [-0.1, -0.05) is 12.1 Å². The quantitative estimate of drug-likeness (QED) is 0.142. The molecular formula is C30H35N3O7. The summed E-state index contributed by atoms with van der Waals surface area (Å²) in [7, 11) is 2.97. The molecule has 0 aliphatic rings. The molecule has 0 aliphatic heterocycles. The van der Waals surface area contributed by atoms with Crippen LogP contribution in [-0.2, 0) is 19.6 Å². The van der Waals surface area contributed by atoms with Crippen LogP contribution >= 0.6 is 0 Å². The van der Waals surface area contributed by atoms with E-state index in [1.165, 1.54) is 32.4 Å². The highest BCUT2D eigenvalue weighted by Gasteiger charge is 2.16. The number of carbonyl (C=O) groups excluding carboxylic acids is 1. The van der Waals surface area contributed by atoms with Crippen LogP contribution in [0.1, 0.15) is 45.8 Å². The number of amides is 1. The third-order valence-corrected chi connectivity index (χ3v) is 6.81. The van der Waals surface area contributed by atoms with E-state index in [1.807, 2.05) is 25.1 Å². The third kappa shape index (κ3) is 6.66. The number of hydrogen-bond acceptors (Lipinski definition) is 8. The van der Waals surface area contributed by atoms with Crippen molar-refractivity contribution < 1.29 is 34.7 Å². The molecule has 40 heavy (non-hydrogen) atoms. The fourth-order valence-electron chi connectivity index (χ4n) is 4.64. The first-order chi connectivity index (χ1) is 19.2. The molecule has 212 valence electrons. The SMILES string of the molecule is COc1cc(O)cc(OC)c1CNC(=O)c1cc2cc(C[C@@H](C)NC[C@@H](O)c3ccc(O)c(CO)c3)ccc2[nH]1. The van der Waals surface area contributed by atoms with Gasteiger partial charge in [0.05, 0.1) is 39.0 Å². The number of aromatic nitrogens is 1. The van der Waals surface area contributed by atoms with Crippen molar-refractivity contribution in [2.75, 3.05) is 20.8 Å². The van der Waals surface area contributed by atoms with Crippen LogP contribution in [0.5, 0.6) is 23.0 Å². The van der Waals surface area contributed by atoms with Gasteiger partial charge in [-0.05, 0) is 54.8 Å². The molecule has 1 aromatic heterocycles. The molecule has 0 unspecified atom stereocenters. The number of carbonyl (C=O) groups is 1. The molecule has 0 bridgehead atoms. The highest BCUT2D eigenvalue weighted by molar-refractivity contribution is 5.98. The van der Waals surface area contributed by atoms with Crippen LogP contribution in [0.4, 0.5) is 0 Å². The van der Waals surface area contributed by atoms with Crippen molar-refractivity contribution in [3.63, 3.8) is 0 Å². The van der Waals surface area contributed by atoms with Gasteiger partial charge in [-0.25, -0.2) is 0 Å². The van der Waals surface area contributed by atoms with Crippen molar-refractivity contribution in [3.8, 4) is 23.0 Å². The lowest BCUT2D eigenvalue weighted by Crippen LogP contribution is -2.32. The number of aromatic amines is 1. The summed E-state index contributed by atoms with van der Waals surface area (Å²) in [6, 6.07) is 15.4. The average Bonchev–Trinajstić information content (AvgIpc) is 3.38. The molecule has 10 nitrogen and oxygen atoms in total. The Kier molecular flexibility index (Phi) is 9.15. The Morgan fingerprint density at radius 1 is 1.00 bits per heavy atom. The van der Waals surface area contributed by atoms with Gasteiger partial charge in [-0.3, -0.25) is 4.79 Å². The number of fused-ring (bicyclic) bond motifs is 1. The van der Waals surface area contributed by atoms with Gasteiger partial charge in [-0.2, -0.15) is 0 Å². The molecule has 10 heteroatoms. The molecule has 0 aliphatic carbocycles. The van der Waals surface area contributed by atoms with E-state index in [-0.39, 0.29) is 36.6 Å². The van der Waals surface area contributed by atoms with E-state index in [4.69, 9.17) is 9.47 Å². The highest BCUT2D eigenvalue weighted by Crippen LogP contribution is 2.33. The molecule has 0 saturated carbocycles. The van der Waals surface area contributed by atoms with Crippen LogP contribution in [0, 0.1) is 0 Å². The Bertz CT molecular complexity index is 1460. The Hall–Kier alpha value is -4.25. The number of aliphatic hydroxyl groups excluding tert-OH is 2. The zero-order valence-electron chi connectivity index (χ0n) is 22.7. The minimum atomic E-state index is -0.789. The summed E-state index contributed by atoms with van der Waals surface area (Å²) < 4.78 is 10.7. The molecule has 0 radical (unpaired) electrons. The third-order valence-electron chi connectivity index (χ3n) is 6.81. The van der Waals surface area contributed by atoms with Crippen LogP contribution in [0.15, 0.2) is 54.6 Å². The van der Waals surface area contributed by atoms with E-state index in [0.717, 1.165) is 16.5 Å². The summed E-state index contributed by atoms with van der Waals surface area (Å²) >= 11 is 0. The number of hydrogen-bond donors (Lipinski definition) is 7. The topological polar surface area (TPSA) is 156 Å². The summed E-state index contributed by atoms with van der Waals surface area (Å²) in [5, 5.41) is 46.5. The predicted molar refractivity (Wildman–Crippen MR) is 151 cm³/mol. The van der Waals surface area contributed by atoms with E-state index < -0.39 is 6.10 Å². The zero-order valence-corrected chi connectivity index (χ0v) is 22.7. The van der Waals surface area contributed by atoms with Crippen LogP contribution in [0.3, 0.4) is 0 Å². The molecule has 0 fully saturated rings. The van der Waals surface area contributed by atoms with Crippen LogP contribution in [0.25, 0.3) is 10.9 Å². The van der Waals surface area contributed by atoms with Gasteiger partial charge in [0.2, 0.25) is 0 Å². The second-order valence-electron chi connectivity index (χ2n) is 9.69. The van der Waals surface area contributed by atoms with Gasteiger partial charge < -0.3 is 45.5 Å². The normalized spacial score (nSPS) is 12.7. The van der Waals surface area contributed by atoms with Gasteiger partial charge in [0.1, 0.15) is 28.7 Å². The van der Waals surface area contributed by atoms with E-state index in [2.05, 4.69) is 15.6 Å². The summed E-state index contributed by atoms with van der Waals surface area (Å²) in [6.07, 6.45) is -0.0871.